The smallest absolute Gasteiger partial charge is 0.320 e. The van der Waals surface area contributed by atoms with E-state index in [1.165, 1.54) is 0 Å². The Bertz CT molecular complexity index is 544. The van der Waals surface area contributed by atoms with E-state index in [0.29, 0.717) is 13.0 Å². The van der Waals surface area contributed by atoms with Crippen LogP contribution in [0.25, 0.3) is 0 Å². The molecule has 0 aliphatic carbocycles. The highest BCUT2D eigenvalue weighted by Gasteiger charge is 2.39. The summed E-state index contributed by atoms with van der Waals surface area (Å²) in [6.07, 6.45) is 0.156. The van der Waals surface area contributed by atoms with Crippen LogP contribution >= 0.6 is 7.77 Å². The zero-order valence-corrected chi connectivity index (χ0v) is 12.0. The maximum Gasteiger partial charge on any atom is 0.320 e. The molecule has 0 spiro atoms. The zero-order chi connectivity index (χ0) is 15.6. The molecule has 0 aromatic carbocycles. The van der Waals surface area contributed by atoms with E-state index in [0.717, 1.165) is 0 Å². The number of hydrogen-bond donors (Lipinski definition) is 3. The second-order valence-corrected chi connectivity index (χ2v) is 6.56. The molecule has 0 aromatic heterocycles. The fourth-order valence-corrected chi connectivity index (χ4v) is 3.39. The highest BCUT2D eigenvalue weighted by atomic mass is 31.1. The van der Waals surface area contributed by atoms with Gasteiger partial charge in [0.25, 0.3) is 5.78 Å². The van der Waals surface area contributed by atoms with Gasteiger partial charge in [-0.05, 0) is 19.4 Å². The minimum atomic E-state index is -1.93. The number of piperidine rings is 1. The molecule has 0 aromatic rings. The Morgan fingerprint density at radius 1 is 1.43 bits per heavy atom. The van der Waals surface area contributed by atoms with E-state index < -0.39 is 43.7 Å². The number of aliphatic carboxylic acids is 1. The number of carboxylic acids is 1. The second kappa shape index (κ2) is 6.43. The fraction of sp³-hybridized carbons (Fsp3) is 0.583. The van der Waals surface area contributed by atoms with Gasteiger partial charge >= 0.3 is 5.97 Å². The molecule has 9 heteroatoms. The van der Waals surface area contributed by atoms with Crippen molar-refractivity contribution in [2.45, 2.75) is 31.3 Å². The Labute approximate surface area is 121 Å². The van der Waals surface area contributed by atoms with E-state index in [2.05, 4.69) is 10.6 Å². The number of carbonyl (C=O) groups excluding carboxylic acids is 3. The van der Waals surface area contributed by atoms with E-state index in [1.807, 2.05) is 0 Å². The van der Waals surface area contributed by atoms with Gasteiger partial charge in [-0.1, -0.05) is 0 Å². The Kier molecular flexibility index (Phi) is 4.82. The SMILES string of the molecule is O=C(CC(=O)C1=[P+]([O-])CC1=O)NC1CCNC(C(=O)O)C1. The first-order valence-corrected chi connectivity index (χ1v) is 7.96. The number of rotatable bonds is 5. The standard InChI is InChI=1S/C12H15N2O6P/c15-8(11-9(16)5-21(11)20)4-10(17)14-6-1-2-13-7(3-6)12(18)19/h6-7,13H,1-5H2,(H,14,17)(H,18,19). The first kappa shape index (κ1) is 15.8. The maximum atomic E-state index is 11.7. The molecule has 2 aliphatic rings. The van der Waals surface area contributed by atoms with Crippen LogP contribution in [-0.2, 0) is 19.2 Å². The summed E-state index contributed by atoms with van der Waals surface area (Å²) in [6, 6.07) is -1.06. The minimum Gasteiger partial charge on any atom is -0.629 e. The molecular weight excluding hydrogens is 299 g/mol. The average molecular weight is 314 g/mol. The summed E-state index contributed by atoms with van der Waals surface area (Å²) in [6.45, 7) is 0.456. The molecule has 0 bridgehead atoms. The molecule has 2 aliphatic heterocycles. The number of nitrogens with one attached hydrogen (secondary N) is 2. The molecule has 3 atom stereocenters. The van der Waals surface area contributed by atoms with E-state index >= 15 is 0 Å². The predicted octanol–water partition coefficient (Wildman–Crippen LogP) is -2.22. The van der Waals surface area contributed by atoms with Crippen molar-refractivity contribution in [3.05, 3.63) is 0 Å². The lowest BCUT2D eigenvalue weighted by Crippen LogP contribution is -2.51. The van der Waals surface area contributed by atoms with Crippen molar-refractivity contribution >= 4 is 36.5 Å². The van der Waals surface area contributed by atoms with Crippen LogP contribution in [0.1, 0.15) is 19.3 Å². The zero-order valence-electron chi connectivity index (χ0n) is 11.1. The summed E-state index contributed by atoms with van der Waals surface area (Å²) < 4.78 is 0. The molecule has 0 radical (unpaired) electrons. The van der Waals surface area contributed by atoms with Crippen molar-refractivity contribution in [1.29, 1.82) is 0 Å². The van der Waals surface area contributed by atoms with Crippen LogP contribution in [0, 0.1) is 0 Å². The van der Waals surface area contributed by atoms with Crippen molar-refractivity contribution in [2.24, 2.45) is 0 Å². The molecular formula is C12H15N2O6P. The molecule has 1 fully saturated rings. The summed E-state index contributed by atoms with van der Waals surface area (Å²) in [5, 5.41) is 14.0. The van der Waals surface area contributed by atoms with Crippen LogP contribution in [-0.4, -0.2) is 58.6 Å². The van der Waals surface area contributed by atoms with Crippen molar-refractivity contribution in [1.82, 2.24) is 10.6 Å². The van der Waals surface area contributed by atoms with Crippen molar-refractivity contribution in [3.8, 4) is 0 Å². The second-order valence-electron chi connectivity index (χ2n) is 5.04. The summed E-state index contributed by atoms with van der Waals surface area (Å²) in [7, 11) is -1.93. The molecule has 3 N–H and O–H groups in total. The maximum absolute atomic E-state index is 11.7. The Hall–Kier alpha value is -1.63. The van der Waals surface area contributed by atoms with Gasteiger partial charge in [0.05, 0.1) is 14.2 Å². The van der Waals surface area contributed by atoms with E-state index in [-0.39, 0.29) is 23.9 Å². The van der Waals surface area contributed by atoms with Gasteiger partial charge in [0.1, 0.15) is 6.04 Å². The number of ketones is 2. The molecule has 21 heavy (non-hydrogen) atoms. The molecule has 1 saturated heterocycles. The Morgan fingerprint density at radius 2 is 2.14 bits per heavy atom. The number of carboxylic acid groups (broad SMARTS) is 1. The average Bonchev–Trinajstić information content (AvgIpc) is 2.37. The normalized spacial score (nSPS) is 27.0. The molecule has 2 rings (SSSR count). The summed E-state index contributed by atoms with van der Waals surface area (Å²) in [4.78, 5) is 56.6. The Balaban J connectivity index is 1.85. The summed E-state index contributed by atoms with van der Waals surface area (Å²) in [5.74, 6) is -2.72. The number of carbonyl (C=O) groups is 4. The van der Waals surface area contributed by atoms with Gasteiger partial charge in [0, 0.05) is 6.04 Å². The van der Waals surface area contributed by atoms with Gasteiger partial charge in [-0.15, -0.1) is 0 Å². The quantitative estimate of drug-likeness (QED) is 0.386. The van der Waals surface area contributed by atoms with Gasteiger partial charge in [-0.2, -0.15) is 0 Å². The third-order valence-corrected chi connectivity index (χ3v) is 5.02. The van der Waals surface area contributed by atoms with Crippen LogP contribution in [0.15, 0.2) is 0 Å². The van der Waals surface area contributed by atoms with Gasteiger partial charge in [0.15, 0.2) is 6.16 Å². The van der Waals surface area contributed by atoms with Gasteiger partial charge in [0.2, 0.25) is 17.0 Å². The first-order chi connectivity index (χ1) is 9.88. The van der Waals surface area contributed by atoms with Gasteiger partial charge in [-0.25, -0.2) is 0 Å². The topological polar surface area (TPSA) is 136 Å². The molecule has 114 valence electrons. The molecule has 1 amide bonds. The van der Waals surface area contributed by atoms with Gasteiger partial charge < -0.3 is 20.6 Å². The van der Waals surface area contributed by atoms with E-state index in [4.69, 9.17) is 5.11 Å². The lowest BCUT2D eigenvalue weighted by molar-refractivity contribution is -0.155. The highest BCUT2D eigenvalue weighted by Crippen LogP contribution is 2.25. The first-order valence-electron chi connectivity index (χ1n) is 6.52. The largest absolute Gasteiger partial charge is 0.629 e. The fourth-order valence-electron chi connectivity index (χ4n) is 2.37. The lowest BCUT2D eigenvalue weighted by Gasteiger charge is -2.28. The highest BCUT2D eigenvalue weighted by molar-refractivity contribution is 7.63. The number of hydrogen-bond acceptors (Lipinski definition) is 6. The lowest BCUT2D eigenvalue weighted by atomic mass is 9.99. The molecule has 3 unspecified atom stereocenters. The Morgan fingerprint density at radius 3 is 2.71 bits per heavy atom. The van der Waals surface area contributed by atoms with Crippen molar-refractivity contribution in [2.75, 3.05) is 12.7 Å². The van der Waals surface area contributed by atoms with E-state index in [1.54, 1.807) is 0 Å². The van der Waals surface area contributed by atoms with Crippen LogP contribution in [0.3, 0.4) is 0 Å². The predicted molar refractivity (Wildman–Crippen MR) is 72.0 cm³/mol. The molecule has 0 saturated carbocycles. The van der Waals surface area contributed by atoms with Crippen molar-refractivity contribution < 1.29 is 29.2 Å². The number of amides is 1. The van der Waals surface area contributed by atoms with Crippen LogP contribution in [0.2, 0.25) is 0 Å². The third-order valence-electron chi connectivity index (χ3n) is 3.45. The summed E-state index contributed by atoms with van der Waals surface area (Å²) in [5.41, 5.74) is 0. The van der Waals surface area contributed by atoms with Crippen LogP contribution < -0.4 is 15.5 Å². The number of Topliss-reactive ketones (excluding diaryl/α,β-unsaturated/α-hetero) is 2. The van der Waals surface area contributed by atoms with E-state index in [9.17, 15) is 24.1 Å². The van der Waals surface area contributed by atoms with Crippen LogP contribution in [0.5, 0.6) is 0 Å². The van der Waals surface area contributed by atoms with Crippen molar-refractivity contribution in [3.63, 3.8) is 0 Å². The van der Waals surface area contributed by atoms with Crippen LogP contribution in [0.4, 0.5) is 0 Å². The third kappa shape index (κ3) is 3.72. The van der Waals surface area contributed by atoms with Gasteiger partial charge in [-0.3, -0.25) is 19.2 Å². The molecule has 8 nitrogen and oxygen atoms in total. The molecule has 2 heterocycles. The monoisotopic (exact) mass is 314 g/mol. The minimum absolute atomic E-state index is 0.118. The summed E-state index contributed by atoms with van der Waals surface area (Å²) >= 11 is 0.